The van der Waals surface area contributed by atoms with E-state index in [4.69, 9.17) is 32.7 Å². The minimum Gasteiger partial charge on any atom is -0.489 e. The van der Waals surface area contributed by atoms with Crippen molar-refractivity contribution in [3.05, 3.63) is 22.7 Å². The summed E-state index contributed by atoms with van der Waals surface area (Å²) in [5, 5.41) is 0.0628. The van der Waals surface area contributed by atoms with Crippen molar-refractivity contribution in [1.29, 1.82) is 0 Å². The maximum Gasteiger partial charge on any atom is 0.179 e. The van der Waals surface area contributed by atoms with E-state index in [1.54, 1.807) is 6.07 Å². The maximum absolute atomic E-state index is 11.6. The van der Waals surface area contributed by atoms with Gasteiger partial charge in [0.1, 0.15) is 0 Å². The molecule has 2 unspecified atom stereocenters. The summed E-state index contributed by atoms with van der Waals surface area (Å²) >= 11 is 12.7. The van der Waals surface area contributed by atoms with Gasteiger partial charge in [0.25, 0.3) is 0 Å². The number of sulfone groups is 1. The van der Waals surface area contributed by atoms with Crippen molar-refractivity contribution in [3.63, 3.8) is 0 Å². The first-order valence-corrected chi connectivity index (χ1v) is 9.53. The minimum absolute atomic E-state index is 0.0857. The smallest absolute Gasteiger partial charge is 0.179 e. The zero-order valence-corrected chi connectivity index (χ0v) is 13.7. The summed E-state index contributed by atoms with van der Waals surface area (Å²) < 4.78 is 34.4. The first kappa shape index (κ1) is 15.3. The molecule has 116 valence electrons. The molecule has 2 atom stereocenters. The summed E-state index contributed by atoms with van der Waals surface area (Å²) in [6.07, 6.45) is 1.38. The lowest BCUT2D eigenvalue weighted by atomic mass is 9.98. The summed E-state index contributed by atoms with van der Waals surface area (Å²) in [7, 11) is -2.96. The summed E-state index contributed by atoms with van der Waals surface area (Å²) in [6, 6.07) is 3.56. The van der Waals surface area contributed by atoms with Crippen molar-refractivity contribution >= 4 is 33.0 Å². The Morgan fingerprint density at radius 1 is 1.24 bits per heavy atom. The predicted molar refractivity (Wildman–Crippen MR) is 82.4 cm³/mol. The molecular weight excluding hydrogens is 335 g/mol. The van der Waals surface area contributed by atoms with Crippen LogP contribution in [0.5, 0.6) is 11.5 Å². The molecule has 1 aromatic carbocycles. The topological polar surface area (TPSA) is 52.6 Å². The van der Waals surface area contributed by atoms with E-state index in [1.807, 2.05) is 6.07 Å². The molecule has 0 amide bonds. The number of hydrogen-bond donors (Lipinski definition) is 0. The highest BCUT2D eigenvalue weighted by atomic mass is 35.5. The Balaban J connectivity index is 1.89. The summed E-state index contributed by atoms with van der Waals surface area (Å²) in [6.45, 7) is 1.13. The van der Waals surface area contributed by atoms with E-state index < -0.39 is 15.2 Å². The Hall–Kier alpha value is -0.650. The van der Waals surface area contributed by atoms with Crippen LogP contribution in [0.25, 0.3) is 0 Å². The lowest BCUT2D eigenvalue weighted by molar-refractivity contribution is 0.297. The van der Waals surface area contributed by atoms with Gasteiger partial charge in [-0.05, 0) is 30.0 Å². The molecule has 7 heteroatoms. The van der Waals surface area contributed by atoms with E-state index in [9.17, 15) is 8.42 Å². The Kier molecular flexibility index (Phi) is 4.26. The van der Waals surface area contributed by atoms with E-state index in [0.717, 1.165) is 12.0 Å². The van der Waals surface area contributed by atoms with Crippen LogP contribution in [0.3, 0.4) is 0 Å². The zero-order valence-electron chi connectivity index (χ0n) is 11.3. The molecule has 1 fully saturated rings. The fourth-order valence-electron chi connectivity index (χ4n) is 2.74. The lowest BCUT2D eigenvalue weighted by Crippen LogP contribution is -2.10. The fraction of sp³-hybridized carbons (Fsp3) is 0.571. The van der Waals surface area contributed by atoms with Gasteiger partial charge in [0.05, 0.1) is 35.1 Å². The van der Waals surface area contributed by atoms with Crippen molar-refractivity contribution in [3.8, 4) is 11.5 Å². The molecular formula is C14H16Cl2O4S. The molecule has 3 rings (SSSR count). The molecule has 2 heterocycles. The Labute approximate surface area is 134 Å². The molecule has 1 saturated heterocycles. The van der Waals surface area contributed by atoms with Gasteiger partial charge in [-0.3, -0.25) is 0 Å². The van der Waals surface area contributed by atoms with E-state index in [-0.39, 0.29) is 17.4 Å². The van der Waals surface area contributed by atoms with Crippen molar-refractivity contribution in [1.82, 2.24) is 0 Å². The molecule has 0 spiro atoms. The number of alkyl halides is 1. The fourth-order valence-corrected chi connectivity index (χ4v) is 5.30. The highest BCUT2D eigenvalue weighted by Gasteiger charge is 2.34. The standard InChI is InChI=1S/C14H16Cl2O4S/c15-11-6-10(7-12-14(11)20-4-1-3-19-12)13(16)9-2-5-21(17,18)8-9/h6-7,9,13H,1-5,8H2. The van der Waals surface area contributed by atoms with Crippen molar-refractivity contribution in [2.24, 2.45) is 5.92 Å². The van der Waals surface area contributed by atoms with Crippen molar-refractivity contribution in [2.45, 2.75) is 18.2 Å². The molecule has 0 aromatic heterocycles. The monoisotopic (exact) mass is 350 g/mol. The SMILES string of the molecule is O=S1(=O)CCC(C(Cl)c2cc(Cl)c3c(c2)OCCCO3)C1. The molecule has 1 aromatic rings. The van der Waals surface area contributed by atoms with Gasteiger partial charge in [0.15, 0.2) is 21.3 Å². The van der Waals surface area contributed by atoms with Gasteiger partial charge < -0.3 is 9.47 Å². The zero-order chi connectivity index (χ0) is 15.0. The van der Waals surface area contributed by atoms with E-state index in [2.05, 4.69) is 0 Å². The van der Waals surface area contributed by atoms with Gasteiger partial charge in [-0.25, -0.2) is 8.42 Å². The molecule has 0 saturated carbocycles. The van der Waals surface area contributed by atoms with E-state index in [1.165, 1.54) is 0 Å². The van der Waals surface area contributed by atoms with Gasteiger partial charge >= 0.3 is 0 Å². The largest absolute Gasteiger partial charge is 0.489 e. The van der Waals surface area contributed by atoms with Crippen molar-refractivity contribution in [2.75, 3.05) is 24.7 Å². The third kappa shape index (κ3) is 3.25. The van der Waals surface area contributed by atoms with Crippen LogP contribution in [-0.2, 0) is 9.84 Å². The number of ether oxygens (including phenoxy) is 2. The van der Waals surface area contributed by atoms with E-state index >= 15 is 0 Å². The second-order valence-electron chi connectivity index (χ2n) is 5.45. The van der Waals surface area contributed by atoms with Gasteiger partial charge in [-0.15, -0.1) is 11.6 Å². The lowest BCUT2D eigenvalue weighted by Gasteiger charge is -2.18. The first-order valence-electron chi connectivity index (χ1n) is 6.90. The summed E-state index contributed by atoms with van der Waals surface area (Å²) in [4.78, 5) is 0. The highest BCUT2D eigenvalue weighted by Crippen LogP contribution is 2.43. The normalized spacial score (nSPS) is 25.3. The minimum atomic E-state index is -2.96. The van der Waals surface area contributed by atoms with Gasteiger partial charge in [0, 0.05) is 6.42 Å². The predicted octanol–water partition coefficient (Wildman–Crippen LogP) is 3.22. The number of benzene rings is 1. The van der Waals surface area contributed by atoms with Gasteiger partial charge in [0.2, 0.25) is 0 Å². The van der Waals surface area contributed by atoms with Crippen LogP contribution in [0.2, 0.25) is 5.02 Å². The highest BCUT2D eigenvalue weighted by molar-refractivity contribution is 7.91. The maximum atomic E-state index is 11.6. The average Bonchev–Trinajstić information content (AvgIpc) is 2.65. The molecule has 0 radical (unpaired) electrons. The van der Waals surface area contributed by atoms with E-state index in [0.29, 0.717) is 36.2 Å². The third-order valence-corrected chi connectivity index (χ3v) is 6.51. The number of hydrogen-bond acceptors (Lipinski definition) is 4. The number of halogens is 2. The molecule has 2 aliphatic rings. The van der Waals surface area contributed by atoms with Crippen molar-refractivity contribution < 1.29 is 17.9 Å². The quantitative estimate of drug-likeness (QED) is 0.768. The van der Waals surface area contributed by atoms with Crippen LogP contribution < -0.4 is 9.47 Å². The van der Waals surface area contributed by atoms with Crippen LogP contribution in [-0.4, -0.2) is 33.1 Å². The second-order valence-corrected chi connectivity index (χ2v) is 8.55. The van der Waals surface area contributed by atoms with Crippen LogP contribution in [0, 0.1) is 5.92 Å². The van der Waals surface area contributed by atoms with Gasteiger partial charge in [-0.2, -0.15) is 0 Å². The molecule has 21 heavy (non-hydrogen) atoms. The Morgan fingerprint density at radius 2 is 2.00 bits per heavy atom. The second kappa shape index (κ2) is 5.86. The third-order valence-electron chi connectivity index (χ3n) is 3.82. The average molecular weight is 351 g/mol. The van der Waals surface area contributed by atoms with Crippen LogP contribution in [0.15, 0.2) is 12.1 Å². The first-order chi connectivity index (χ1) is 9.96. The Morgan fingerprint density at radius 3 is 2.71 bits per heavy atom. The summed E-state index contributed by atoms with van der Waals surface area (Å²) in [5.41, 5.74) is 0.785. The van der Waals surface area contributed by atoms with Crippen LogP contribution >= 0.6 is 23.2 Å². The van der Waals surface area contributed by atoms with Crippen LogP contribution in [0.1, 0.15) is 23.8 Å². The molecule has 2 aliphatic heterocycles. The molecule has 0 N–H and O–H groups in total. The number of fused-ring (bicyclic) bond motifs is 1. The van der Waals surface area contributed by atoms with Gasteiger partial charge in [-0.1, -0.05) is 11.6 Å². The Bertz CT molecular complexity index is 645. The molecule has 4 nitrogen and oxygen atoms in total. The summed E-state index contributed by atoms with van der Waals surface area (Å²) in [5.74, 6) is 1.38. The van der Waals surface area contributed by atoms with Crippen LogP contribution in [0.4, 0.5) is 0 Å². The molecule has 0 aliphatic carbocycles. The number of rotatable bonds is 2. The molecule has 0 bridgehead atoms.